The summed E-state index contributed by atoms with van der Waals surface area (Å²) in [5.74, 6) is -0.0350. The molecule has 0 radical (unpaired) electrons. The average molecular weight is 308 g/mol. The molecule has 0 saturated carbocycles. The Balaban J connectivity index is 2.35. The van der Waals surface area contributed by atoms with Gasteiger partial charge in [-0.25, -0.2) is 0 Å². The van der Waals surface area contributed by atoms with Crippen LogP contribution in [0.25, 0.3) is 0 Å². The van der Waals surface area contributed by atoms with Gasteiger partial charge in [-0.2, -0.15) is 5.10 Å². The molecule has 0 bridgehead atoms. The molecule has 0 spiro atoms. The summed E-state index contributed by atoms with van der Waals surface area (Å²) in [6.07, 6.45) is 1.63. The van der Waals surface area contributed by atoms with Crippen molar-refractivity contribution in [2.75, 3.05) is 19.0 Å². The molecule has 4 nitrogen and oxygen atoms in total. The number of aromatic nitrogens is 2. The second-order valence-electron chi connectivity index (χ2n) is 4.24. The maximum atomic E-state index is 12.3. The number of carbonyl (C=O) groups is 1. The summed E-state index contributed by atoms with van der Waals surface area (Å²) in [5.41, 5.74) is 2.29. The third-order valence-electron chi connectivity index (χ3n) is 2.76. The minimum absolute atomic E-state index is 0.0350. The van der Waals surface area contributed by atoms with E-state index in [1.807, 2.05) is 43.3 Å². The molecule has 0 atom stereocenters. The zero-order valence-electron chi connectivity index (χ0n) is 10.5. The Hall–Kier alpha value is -1.62. The number of nitrogens with zero attached hydrogens (tertiary/aromatic N) is 3. The Morgan fingerprint density at radius 3 is 2.33 bits per heavy atom. The first-order chi connectivity index (χ1) is 8.50. The molecule has 94 valence electrons. The van der Waals surface area contributed by atoms with E-state index in [2.05, 4.69) is 21.0 Å². The van der Waals surface area contributed by atoms with E-state index in [4.69, 9.17) is 0 Å². The predicted molar refractivity (Wildman–Crippen MR) is 75.1 cm³/mol. The molecule has 5 heteroatoms. The minimum atomic E-state index is -0.0350. The highest BCUT2D eigenvalue weighted by Gasteiger charge is 2.17. The molecule has 0 N–H and O–H groups in total. The monoisotopic (exact) mass is 307 g/mol. The fraction of sp³-hybridized carbons (Fsp3) is 0.231. The zero-order chi connectivity index (χ0) is 13.3. The van der Waals surface area contributed by atoms with Crippen molar-refractivity contribution >= 4 is 27.4 Å². The Labute approximate surface area is 114 Å². The molecule has 2 aromatic rings. The Kier molecular flexibility index (Phi) is 3.52. The van der Waals surface area contributed by atoms with Gasteiger partial charge in [0.05, 0.1) is 10.7 Å². The lowest BCUT2D eigenvalue weighted by atomic mass is 10.1. The molecule has 2 rings (SSSR count). The van der Waals surface area contributed by atoms with Crippen molar-refractivity contribution < 1.29 is 4.79 Å². The molecular weight excluding hydrogens is 294 g/mol. The molecule has 1 aromatic heterocycles. The minimum Gasteiger partial charge on any atom is -0.378 e. The Morgan fingerprint density at radius 2 is 1.89 bits per heavy atom. The van der Waals surface area contributed by atoms with Gasteiger partial charge in [-0.05, 0) is 40.2 Å². The number of ketones is 1. The largest absolute Gasteiger partial charge is 0.378 e. The number of anilines is 1. The maximum Gasteiger partial charge on any atom is 0.212 e. The SMILES string of the molecule is CN(C)c1ccc(C(=O)c2c(Br)cnn2C)cc1. The highest BCUT2D eigenvalue weighted by molar-refractivity contribution is 9.10. The maximum absolute atomic E-state index is 12.3. The lowest BCUT2D eigenvalue weighted by Crippen LogP contribution is -2.11. The van der Waals surface area contributed by atoms with E-state index in [9.17, 15) is 4.79 Å². The summed E-state index contributed by atoms with van der Waals surface area (Å²) >= 11 is 3.34. The van der Waals surface area contributed by atoms with E-state index in [1.54, 1.807) is 17.9 Å². The molecule has 18 heavy (non-hydrogen) atoms. The van der Waals surface area contributed by atoms with Crippen molar-refractivity contribution in [2.24, 2.45) is 7.05 Å². The van der Waals surface area contributed by atoms with Crippen LogP contribution in [0.5, 0.6) is 0 Å². The van der Waals surface area contributed by atoms with Gasteiger partial charge in [0.2, 0.25) is 5.78 Å². The molecule has 0 unspecified atom stereocenters. The van der Waals surface area contributed by atoms with Gasteiger partial charge < -0.3 is 4.90 Å². The van der Waals surface area contributed by atoms with E-state index in [1.165, 1.54) is 0 Å². The first-order valence-corrected chi connectivity index (χ1v) is 6.29. The van der Waals surface area contributed by atoms with E-state index in [0.717, 1.165) is 5.69 Å². The molecule has 0 fully saturated rings. The predicted octanol–water partition coefficient (Wildman–Crippen LogP) is 2.48. The van der Waals surface area contributed by atoms with Crippen molar-refractivity contribution in [1.29, 1.82) is 0 Å². The van der Waals surface area contributed by atoms with Crippen molar-refractivity contribution in [3.05, 3.63) is 46.2 Å². The van der Waals surface area contributed by atoms with Crippen molar-refractivity contribution in [3.63, 3.8) is 0 Å². The number of aryl methyl sites for hydroxylation is 1. The number of hydrogen-bond acceptors (Lipinski definition) is 3. The smallest absolute Gasteiger partial charge is 0.212 e. The first kappa shape index (κ1) is 12.8. The number of carbonyl (C=O) groups excluding carboxylic acids is 1. The third-order valence-corrected chi connectivity index (χ3v) is 3.34. The molecule has 0 amide bonds. The quantitative estimate of drug-likeness (QED) is 0.818. The van der Waals surface area contributed by atoms with Crippen molar-refractivity contribution in [2.45, 2.75) is 0 Å². The average Bonchev–Trinajstić information content (AvgIpc) is 2.68. The summed E-state index contributed by atoms with van der Waals surface area (Å²) in [7, 11) is 5.69. The molecule has 0 aliphatic rings. The van der Waals surface area contributed by atoms with Crippen LogP contribution in [0.3, 0.4) is 0 Å². The van der Waals surface area contributed by atoms with Crippen LogP contribution in [-0.2, 0) is 7.05 Å². The molecular formula is C13H14BrN3O. The van der Waals surface area contributed by atoms with Gasteiger partial charge in [-0.15, -0.1) is 0 Å². The van der Waals surface area contributed by atoms with Gasteiger partial charge in [0.25, 0.3) is 0 Å². The van der Waals surface area contributed by atoms with Gasteiger partial charge in [0.15, 0.2) is 0 Å². The standard InChI is InChI=1S/C13H14BrN3O/c1-16(2)10-6-4-9(5-7-10)13(18)12-11(14)8-15-17(12)3/h4-8H,1-3H3. The lowest BCUT2D eigenvalue weighted by Gasteiger charge is -2.12. The first-order valence-electron chi connectivity index (χ1n) is 5.50. The van der Waals surface area contributed by atoms with Gasteiger partial charge >= 0.3 is 0 Å². The van der Waals surface area contributed by atoms with Crippen LogP contribution < -0.4 is 4.90 Å². The number of halogens is 1. The van der Waals surface area contributed by atoms with E-state index < -0.39 is 0 Å². The second-order valence-corrected chi connectivity index (χ2v) is 5.09. The summed E-state index contributed by atoms with van der Waals surface area (Å²) in [6, 6.07) is 7.52. The summed E-state index contributed by atoms with van der Waals surface area (Å²) in [5, 5.41) is 4.05. The Morgan fingerprint density at radius 1 is 1.28 bits per heavy atom. The van der Waals surface area contributed by atoms with Crippen molar-refractivity contribution in [1.82, 2.24) is 9.78 Å². The number of rotatable bonds is 3. The number of hydrogen-bond donors (Lipinski definition) is 0. The van der Waals surface area contributed by atoms with Crippen LogP contribution in [-0.4, -0.2) is 29.7 Å². The zero-order valence-corrected chi connectivity index (χ0v) is 12.1. The van der Waals surface area contributed by atoms with Gasteiger partial charge in [0, 0.05) is 32.4 Å². The van der Waals surface area contributed by atoms with E-state index in [-0.39, 0.29) is 5.78 Å². The lowest BCUT2D eigenvalue weighted by molar-refractivity contribution is 0.102. The van der Waals surface area contributed by atoms with Crippen molar-refractivity contribution in [3.8, 4) is 0 Å². The topological polar surface area (TPSA) is 38.1 Å². The molecule has 0 aliphatic heterocycles. The Bertz CT molecular complexity index is 553. The van der Waals surface area contributed by atoms with Crippen LogP contribution in [0.4, 0.5) is 5.69 Å². The van der Waals surface area contributed by atoms with Crippen LogP contribution in [0.2, 0.25) is 0 Å². The van der Waals surface area contributed by atoms with E-state index >= 15 is 0 Å². The molecule has 0 aliphatic carbocycles. The van der Waals surface area contributed by atoms with Crippen LogP contribution in [0.1, 0.15) is 16.1 Å². The van der Waals surface area contributed by atoms with Crippen LogP contribution in [0.15, 0.2) is 34.9 Å². The number of benzene rings is 1. The summed E-state index contributed by atoms with van der Waals surface area (Å²) < 4.78 is 2.29. The molecule has 1 aromatic carbocycles. The highest BCUT2D eigenvalue weighted by atomic mass is 79.9. The second kappa shape index (κ2) is 4.94. The summed E-state index contributed by atoms with van der Waals surface area (Å²) in [4.78, 5) is 14.3. The fourth-order valence-corrected chi connectivity index (χ4v) is 2.24. The van der Waals surface area contributed by atoms with Gasteiger partial charge in [-0.1, -0.05) is 0 Å². The van der Waals surface area contributed by atoms with Gasteiger partial charge in [0.1, 0.15) is 5.69 Å². The molecule has 1 heterocycles. The normalized spacial score (nSPS) is 10.4. The van der Waals surface area contributed by atoms with Crippen LogP contribution >= 0.6 is 15.9 Å². The van der Waals surface area contributed by atoms with E-state index in [0.29, 0.717) is 15.7 Å². The molecule has 0 saturated heterocycles. The fourth-order valence-electron chi connectivity index (χ4n) is 1.71. The highest BCUT2D eigenvalue weighted by Crippen LogP contribution is 2.20. The summed E-state index contributed by atoms with van der Waals surface area (Å²) in [6.45, 7) is 0. The third kappa shape index (κ3) is 2.31. The van der Waals surface area contributed by atoms with Crippen LogP contribution in [0, 0.1) is 0 Å². The van der Waals surface area contributed by atoms with Gasteiger partial charge in [-0.3, -0.25) is 9.48 Å².